The van der Waals surface area contributed by atoms with Crippen molar-refractivity contribution in [3.63, 3.8) is 0 Å². The summed E-state index contributed by atoms with van der Waals surface area (Å²) in [5, 5.41) is 0. The van der Waals surface area contributed by atoms with E-state index in [1.807, 2.05) is 0 Å². The fourth-order valence-corrected chi connectivity index (χ4v) is 0.884. The SMILES string of the molecule is CC(=O)OCc1c(F)cc(F)cc1F. The number of carbonyl (C=O) groups is 1. The minimum Gasteiger partial charge on any atom is -0.461 e. The average Bonchev–Trinajstić information content (AvgIpc) is 2.01. The van der Waals surface area contributed by atoms with Crippen molar-refractivity contribution in [2.45, 2.75) is 13.5 Å². The molecule has 0 atom stereocenters. The average molecular weight is 204 g/mol. The van der Waals surface area contributed by atoms with Crippen LogP contribution < -0.4 is 0 Å². The van der Waals surface area contributed by atoms with Crippen LogP contribution in [0.3, 0.4) is 0 Å². The van der Waals surface area contributed by atoms with Crippen LogP contribution in [0.25, 0.3) is 0 Å². The van der Waals surface area contributed by atoms with Crippen molar-refractivity contribution < 1.29 is 22.7 Å². The molecule has 5 heteroatoms. The van der Waals surface area contributed by atoms with Crippen molar-refractivity contribution >= 4 is 5.97 Å². The van der Waals surface area contributed by atoms with Gasteiger partial charge in [-0.3, -0.25) is 4.79 Å². The van der Waals surface area contributed by atoms with Gasteiger partial charge in [-0.25, -0.2) is 13.2 Å². The minimum atomic E-state index is -1.07. The van der Waals surface area contributed by atoms with Gasteiger partial charge >= 0.3 is 5.97 Å². The van der Waals surface area contributed by atoms with Gasteiger partial charge in [0.2, 0.25) is 0 Å². The first-order chi connectivity index (χ1) is 6.50. The van der Waals surface area contributed by atoms with Crippen LogP contribution in [0.4, 0.5) is 13.2 Å². The van der Waals surface area contributed by atoms with Gasteiger partial charge in [0.05, 0.1) is 5.56 Å². The molecule has 0 aliphatic carbocycles. The van der Waals surface area contributed by atoms with Gasteiger partial charge < -0.3 is 4.74 Å². The number of benzene rings is 1. The molecular formula is C9H7F3O2. The summed E-state index contributed by atoms with van der Waals surface area (Å²) in [5.74, 6) is -3.80. The number of hydrogen-bond donors (Lipinski definition) is 0. The molecule has 0 N–H and O–H groups in total. The smallest absolute Gasteiger partial charge is 0.302 e. The van der Waals surface area contributed by atoms with E-state index in [4.69, 9.17) is 0 Å². The lowest BCUT2D eigenvalue weighted by molar-refractivity contribution is -0.142. The maximum Gasteiger partial charge on any atom is 0.302 e. The maximum atomic E-state index is 12.9. The van der Waals surface area contributed by atoms with Gasteiger partial charge in [0, 0.05) is 19.1 Å². The predicted molar refractivity (Wildman–Crippen MR) is 41.8 cm³/mol. The molecule has 0 aromatic heterocycles. The van der Waals surface area contributed by atoms with Crippen LogP contribution in [0.5, 0.6) is 0 Å². The topological polar surface area (TPSA) is 26.3 Å². The first-order valence-electron chi connectivity index (χ1n) is 3.77. The summed E-state index contributed by atoms with van der Waals surface area (Å²) in [6.45, 7) is 0.576. The highest BCUT2D eigenvalue weighted by Crippen LogP contribution is 2.15. The van der Waals surface area contributed by atoms with Gasteiger partial charge in [0.1, 0.15) is 24.1 Å². The van der Waals surface area contributed by atoms with E-state index in [0.717, 1.165) is 6.92 Å². The molecule has 0 fully saturated rings. The molecule has 1 aromatic carbocycles. The lowest BCUT2D eigenvalue weighted by Gasteiger charge is -2.04. The summed E-state index contributed by atoms with van der Waals surface area (Å²) in [7, 11) is 0. The van der Waals surface area contributed by atoms with Crippen molar-refractivity contribution in [1.82, 2.24) is 0 Å². The third kappa shape index (κ3) is 2.48. The lowest BCUT2D eigenvalue weighted by atomic mass is 10.2. The molecule has 76 valence electrons. The van der Waals surface area contributed by atoms with E-state index in [-0.39, 0.29) is 0 Å². The Balaban J connectivity index is 2.91. The second-order valence-electron chi connectivity index (χ2n) is 2.63. The van der Waals surface area contributed by atoms with Crippen LogP contribution in [0.1, 0.15) is 12.5 Å². The molecule has 0 saturated heterocycles. The van der Waals surface area contributed by atoms with E-state index in [0.29, 0.717) is 12.1 Å². The number of esters is 1. The van der Waals surface area contributed by atoms with Gasteiger partial charge in [-0.05, 0) is 0 Å². The maximum absolute atomic E-state index is 12.9. The molecule has 1 aromatic rings. The van der Waals surface area contributed by atoms with Crippen molar-refractivity contribution in [2.75, 3.05) is 0 Å². The molecule has 2 nitrogen and oxygen atoms in total. The Morgan fingerprint density at radius 1 is 1.29 bits per heavy atom. The zero-order chi connectivity index (χ0) is 10.7. The lowest BCUT2D eigenvalue weighted by Crippen LogP contribution is -2.04. The number of carbonyl (C=O) groups excluding carboxylic acids is 1. The van der Waals surface area contributed by atoms with Crippen molar-refractivity contribution in [3.8, 4) is 0 Å². The second kappa shape index (κ2) is 4.13. The Labute approximate surface area is 78.3 Å². The van der Waals surface area contributed by atoms with E-state index >= 15 is 0 Å². The predicted octanol–water partition coefficient (Wildman–Crippen LogP) is 2.17. The Hall–Kier alpha value is -1.52. The molecular weight excluding hydrogens is 197 g/mol. The zero-order valence-corrected chi connectivity index (χ0v) is 7.31. The van der Waals surface area contributed by atoms with E-state index in [9.17, 15) is 18.0 Å². The third-order valence-electron chi connectivity index (χ3n) is 1.53. The molecule has 0 heterocycles. The highest BCUT2D eigenvalue weighted by Gasteiger charge is 2.12. The van der Waals surface area contributed by atoms with Gasteiger partial charge in [-0.1, -0.05) is 0 Å². The molecule has 0 saturated carbocycles. The Bertz CT molecular complexity index is 340. The monoisotopic (exact) mass is 204 g/mol. The summed E-state index contributed by atoms with van der Waals surface area (Å²) in [6, 6.07) is 1.06. The summed E-state index contributed by atoms with van der Waals surface area (Å²) >= 11 is 0. The fourth-order valence-electron chi connectivity index (χ4n) is 0.884. The molecule has 14 heavy (non-hydrogen) atoms. The first kappa shape index (κ1) is 10.6. The molecule has 0 unspecified atom stereocenters. The summed E-state index contributed by atoms with van der Waals surface area (Å²) in [5.41, 5.74) is -0.457. The van der Waals surface area contributed by atoms with Gasteiger partial charge in [-0.2, -0.15) is 0 Å². The van der Waals surface area contributed by atoms with Gasteiger partial charge in [-0.15, -0.1) is 0 Å². The van der Waals surface area contributed by atoms with E-state index in [1.54, 1.807) is 0 Å². The molecule has 0 aliphatic heterocycles. The molecule has 1 rings (SSSR count). The largest absolute Gasteiger partial charge is 0.461 e. The quantitative estimate of drug-likeness (QED) is 0.690. The van der Waals surface area contributed by atoms with Gasteiger partial charge in [0.25, 0.3) is 0 Å². The Kier molecular flexibility index (Phi) is 3.11. The Morgan fingerprint density at radius 3 is 2.21 bits per heavy atom. The summed E-state index contributed by atoms with van der Waals surface area (Å²) < 4.78 is 42.6. The highest BCUT2D eigenvalue weighted by molar-refractivity contribution is 5.65. The second-order valence-corrected chi connectivity index (χ2v) is 2.63. The van der Waals surface area contributed by atoms with Crippen LogP contribution >= 0.6 is 0 Å². The van der Waals surface area contributed by atoms with Crippen molar-refractivity contribution in [1.29, 1.82) is 0 Å². The fraction of sp³-hybridized carbons (Fsp3) is 0.222. The number of halogens is 3. The van der Waals surface area contributed by atoms with E-state index in [2.05, 4.69) is 4.74 Å². The first-order valence-corrected chi connectivity index (χ1v) is 3.77. The molecule has 0 aliphatic rings. The number of ether oxygens (including phenoxy) is 1. The number of hydrogen-bond acceptors (Lipinski definition) is 2. The third-order valence-corrected chi connectivity index (χ3v) is 1.53. The number of rotatable bonds is 2. The van der Waals surface area contributed by atoms with Gasteiger partial charge in [0.15, 0.2) is 0 Å². The van der Waals surface area contributed by atoms with Crippen LogP contribution in [-0.4, -0.2) is 5.97 Å². The van der Waals surface area contributed by atoms with E-state index in [1.165, 1.54) is 0 Å². The van der Waals surface area contributed by atoms with Crippen molar-refractivity contribution in [3.05, 3.63) is 35.1 Å². The van der Waals surface area contributed by atoms with E-state index < -0.39 is 35.6 Å². The standard InChI is InChI=1S/C9H7F3O2/c1-5(13)14-4-7-8(11)2-6(10)3-9(7)12/h2-3H,4H2,1H3. The van der Waals surface area contributed by atoms with Crippen molar-refractivity contribution in [2.24, 2.45) is 0 Å². The van der Waals surface area contributed by atoms with Crippen LogP contribution in [0.15, 0.2) is 12.1 Å². The van der Waals surface area contributed by atoms with Crippen LogP contribution in [-0.2, 0) is 16.1 Å². The molecule has 0 amide bonds. The van der Waals surface area contributed by atoms with Crippen LogP contribution in [0, 0.1) is 17.5 Å². The summed E-state index contributed by atoms with van der Waals surface area (Å²) in [4.78, 5) is 10.4. The molecule has 0 bridgehead atoms. The normalized spacial score (nSPS) is 10.0. The Morgan fingerprint density at radius 2 is 1.79 bits per heavy atom. The minimum absolute atomic E-state index is 0.457. The summed E-state index contributed by atoms with van der Waals surface area (Å²) in [6.07, 6.45) is 0. The molecule has 0 spiro atoms. The zero-order valence-electron chi connectivity index (χ0n) is 7.31. The van der Waals surface area contributed by atoms with Crippen LogP contribution in [0.2, 0.25) is 0 Å². The highest BCUT2D eigenvalue weighted by atomic mass is 19.1. The molecule has 0 radical (unpaired) electrons.